The molecule has 1 aliphatic heterocycles. The fraction of sp³-hybridized carbons (Fsp3) is 0.500. The van der Waals surface area contributed by atoms with E-state index in [2.05, 4.69) is 0 Å². The van der Waals surface area contributed by atoms with E-state index in [1.165, 1.54) is 12.1 Å². The maximum Gasteiger partial charge on any atom is 0.237 e. The van der Waals surface area contributed by atoms with E-state index in [4.69, 9.17) is 0 Å². The summed E-state index contributed by atoms with van der Waals surface area (Å²) in [4.78, 5) is 15.7. The van der Waals surface area contributed by atoms with Gasteiger partial charge in [0.1, 0.15) is 5.82 Å². The standard InChI is InChI=1S/C14H19FN2O3S/c1-3-16-6-7-17(14(18)10-16)9-11-8-12(15)4-5-13(11)21(2,19)20/h4-5,8H,3,6-7,9-10H2,1-2H3. The summed E-state index contributed by atoms with van der Waals surface area (Å²) in [6.45, 7) is 4.49. The van der Waals surface area contributed by atoms with Crippen LogP contribution in [0.25, 0.3) is 0 Å². The van der Waals surface area contributed by atoms with E-state index in [0.717, 1.165) is 25.4 Å². The van der Waals surface area contributed by atoms with Gasteiger partial charge in [-0.3, -0.25) is 9.69 Å². The molecule has 0 radical (unpaired) electrons. The number of likely N-dealkylation sites (N-methyl/N-ethyl adjacent to an activating group) is 1. The number of carbonyl (C=O) groups excluding carboxylic acids is 1. The topological polar surface area (TPSA) is 57.7 Å². The van der Waals surface area contributed by atoms with Crippen molar-refractivity contribution in [2.45, 2.75) is 18.4 Å². The molecule has 0 aliphatic carbocycles. The lowest BCUT2D eigenvalue weighted by Gasteiger charge is -2.34. The van der Waals surface area contributed by atoms with Gasteiger partial charge in [-0.1, -0.05) is 6.92 Å². The minimum Gasteiger partial charge on any atom is -0.336 e. The third-order valence-corrected chi connectivity index (χ3v) is 4.83. The molecule has 116 valence electrons. The lowest BCUT2D eigenvalue weighted by atomic mass is 10.2. The van der Waals surface area contributed by atoms with Crippen LogP contribution in [0.4, 0.5) is 4.39 Å². The number of amides is 1. The number of hydrogen-bond donors (Lipinski definition) is 0. The molecular formula is C14H19FN2O3S. The van der Waals surface area contributed by atoms with Crippen molar-refractivity contribution >= 4 is 15.7 Å². The summed E-state index contributed by atoms with van der Waals surface area (Å²) < 4.78 is 36.9. The smallest absolute Gasteiger partial charge is 0.237 e. The van der Waals surface area contributed by atoms with E-state index in [-0.39, 0.29) is 17.3 Å². The Morgan fingerprint density at radius 2 is 2.00 bits per heavy atom. The predicted molar refractivity (Wildman–Crippen MR) is 77.0 cm³/mol. The molecule has 2 rings (SSSR count). The first-order chi connectivity index (χ1) is 9.81. The van der Waals surface area contributed by atoms with E-state index >= 15 is 0 Å². The Bertz CT molecular complexity index is 646. The molecule has 1 amide bonds. The van der Waals surface area contributed by atoms with Crippen LogP contribution in [-0.2, 0) is 21.2 Å². The molecule has 1 aromatic rings. The van der Waals surface area contributed by atoms with Crippen molar-refractivity contribution in [2.24, 2.45) is 0 Å². The van der Waals surface area contributed by atoms with E-state index in [1.807, 2.05) is 11.8 Å². The summed E-state index contributed by atoms with van der Waals surface area (Å²) in [6.07, 6.45) is 1.08. The normalized spacial score (nSPS) is 17.3. The third-order valence-electron chi connectivity index (χ3n) is 3.63. The van der Waals surface area contributed by atoms with Gasteiger partial charge >= 0.3 is 0 Å². The Balaban J connectivity index is 2.24. The van der Waals surface area contributed by atoms with Crippen LogP contribution in [0.2, 0.25) is 0 Å². The maximum absolute atomic E-state index is 13.4. The Morgan fingerprint density at radius 3 is 2.57 bits per heavy atom. The van der Waals surface area contributed by atoms with Crippen LogP contribution >= 0.6 is 0 Å². The molecule has 0 spiro atoms. The summed E-state index contributed by atoms with van der Waals surface area (Å²) in [5.41, 5.74) is 0.329. The number of hydrogen-bond acceptors (Lipinski definition) is 4. The van der Waals surface area contributed by atoms with Gasteiger partial charge in [-0.05, 0) is 30.3 Å². The van der Waals surface area contributed by atoms with Gasteiger partial charge in [0.2, 0.25) is 5.91 Å². The van der Waals surface area contributed by atoms with Crippen LogP contribution in [0.15, 0.2) is 23.1 Å². The highest BCUT2D eigenvalue weighted by molar-refractivity contribution is 7.90. The zero-order valence-electron chi connectivity index (χ0n) is 12.2. The predicted octanol–water partition coefficient (Wildman–Crippen LogP) is 0.893. The Kier molecular flexibility index (Phi) is 4.63. The molecule has 1 aliphatic rings. The fourth-order valence-electron chi connectivity index (χ4n) is 2.43. The molecule has 0 N–H and O–H groups in total. The highest BCUT2D eigenvalue weighted by Crippen LogP contribution is 2.20. The van der Waals surface area contributed by atoms with E-state index in [0.29, 0.717) is 18.7 Å². The van der Waals surface area contributed by atoms with Gasteiger partial charge in [0.05, 0.1) is 11.4 Å². The Morgan fingerprint density at radius 1 is 1.29 bits per heavy atom. The molecule has 7 heteroatoms. The highest BCUT2D eigenvalue weighted by atomic mass is 32.2. The summed E-state index contributed by atoms with van der Waals surface area (Å²) >= 11 is 0. The second-order valence-corrected chi connectivity index (χ2v) is 7.19. The van der Waals surface area contributed by atoms with Gasteiger partial charge in [0.15, 0.2) is 9.84 Å². The average molecular weight is 314 g/mol. The summed E-state index contributed by atoms with van der Waals surface area (Å²) in [7, 11) is -3.45. The first-order valence-corrected chi connectivity index (χ1v) is 8.69. The monoisotopic (exact) mass is 314 g/mol. The first kappa shape index (κ1) is 15.9. The number of nitrogens with zero attached hydrogens (tertiary/aromatic N) is 2. The van der Waals surface area contributed by atoms with E-state index in [1.54, 1.807) is 4.90 Å². The van der Waals surface area contributed by atoms with Crippen LogP contribution in [0.5, 0.6) is 0 Å². The average Bonchev–Trinajstić information content (AvgIpc) is 2.39. The van der Waals surface area contributed by atoms with Crippen LogP contribution in [0.1, 0.15) is 12.5 Å². The molecule has 0 atom stereocenters. The molecule has 0 bridgehead atoms. The highest BCUT2D eigenvalue weighted by Gasteiger charge is 2.25. The number of benzene rings is 1. The van der Waals surface area contributed by atoms with Crippen molar-refractivity contribution in [3.63, 3.8) is 0 Å². The van der Waals surface area contributed by atoms with Crippen LogP contribution in [-0.4, -0.2) is 56.6 Å². The number of piperazine rings is 1. The van der Waals surface area contributed by atoms with Gasteiger partial charge in [-0.15, -0.1) is 0 Å². The van der Waals surface area contributed by atoms with E-state index < -0.39 is 15.7 Å². The van der Waals surface area contributed by atoms with Crippen LogP contribution < -0.4 is 0 Å². The number of halogens is 1. The van der Waals surface area contributed by atoms with Crippen molar-refractivity contribution < 1.29 is 17.6 Å². The van der Waals surface area contributed by atoms with Gasteiger partial charge in [-0.25, -0.2) is 12.8 Å². The minimum atomic E-state index is -3.45. The Labute approximate surface area is 124 Å². The first-order valence-electron chi connectivity index (χ1n) is 6.80. The number of sulfone groups is 1. The van der Waals surface area contributed by atoms with Crippen molar-refractivity contribution in [1.82, 2.24) is 9.80 Å². The lowest BCUT2D eigenvalue weighted by molar-refractivity contribution is -0.136. The molecular weight excluding hydrogens is 295 g/mol. The van der Waals surface area contributed by atoms with Gasteiger partial charge < -0.3 is 4.90 Å². The summed E-state index contributed by atoms with van der Waals surface area (Å²) in [5.74, 6) is -0.566. The molecule has 0 unspecified atom stereocenters. The molecule has 1 heterocycles. The minimum absolute atomic E-state index is 0.0631. The Hall–Kier alpha value is -1.47. The molecule has 5 nitrogen and oxygen atoms in total. The fourth-order valence-corrected chi connectivity index (χ4v) is 3.35. The van der Waals surface area contributed by atoms with Crippen LogP contribution in [0.3, 0.4) is 0 Å². The lowest BCUT2D eigenvalue weighted by Crippen LogP contribution is -2.49. The molecule has 0 aromatic heterocycles. The second kappa shape index (κ2) is 6.11. The SMILES string of the molecule is CCN1CCN(Cc2cc(F)ccc2S(C)(=O)=O)C(=O)C1. The summed E-state index contributed by atoms with van der Waals surface area (Å²) in [5, 5.41) is 0. The van der Waals surface area contributed by atoms with Gasteiger partial charge in [-0.2, -0.15) is 0 Å². The van der Waals surface area contributed by atoms with E-state index in [9.17, 15) is 17.6 Å². The zero-order chi connectivity index (χ0) is 15.6. The zero-order valence-corrected chi connectivity index (χ0v) is 13.0. The van der Waals surface area contributed by atoms with Crippen molar-refractivity contribution in [3.8, 4) is 0 Å². The van der Waals surface area contributed by atoms with Gasteiger partial charge in [0.25, 0.3) is 0 Å². The van der Waals surface area contributed by atoms with Crippen molar-refractivity contribution in [2.75, 3.05) is 32.4 Å². The van der Waals surface area contributed by atoms with Crippen LogP contribution in [0, 0.1) is 5.82 Å². The molecule has 1 saturated heterocycles. The van der Waals surface area contributed by atoms with Crippen molar-refractivity contribution in [1.29, 1.82) is 0 Å². The number of rotatable bonds is 4. The molecule has 1 fully saturated rings. The summed E-state index contributed by atoms with van der Waals surface area (Å²) in [6, 6.07) is 3.57. The van der Waals surface area contributed by atoms with Crippen molar-refractivity contribution in [3.05, 3.63) is 29.6 Å². The quantitative estimate of drug-likeness (QED) is 0.775. The number of carbonyl (C=O) groups is 1. The molecule has 0 saturated carbocycles. The molecule has 21 heavy (non-hydrogen) atoms. The largest absolute Gasteiger partial charge is 0.336 e. The maximum atomic E-state index is 13.4. The second-order valence-electron chi connectivity index (χ2n) is 5.21. The molecule has 1 aromatic carbocycles. The third kappa shape index (κ3) is 3.79. The van der Waals surface area contributed by atoms with Gasteiger partial charge in [0, 0.05) is 25.9 Å².